The zero-order chi connectivity index (χ0) is 21.0. The number of carbonyl (C=O) groups is 3. The standard InChI is InChI=1S/C22H37N3O4/c1-22(2,3)29-21(28)18-8-14-25(15-9-18)20(27)17-6-12-24(13-7-17)19(26)16-4-10-23-11-5-16/h16-18,23H,4-15H2,1-3H3. The number of esters is 1. The minimum atomic E-state index is -0.469. The molecule has 0 unspecified atom stereocenters. The van der Waals surface area contributed by atoms with Crippen LogP contribution in [0.5, 0.6) is 0 Å². The van der Waals surface area contributed by atoms with E-state index in [-0.39, 0.29) is 35.5 Å². The van der Waals surface area contributed by atoms with E-state index in [0.29, 0.717) is 39.0 Å². The monoisotopic (exact) mass is 407 g/mol. The zero-order valence-corrected chi connectivity index (χ0v) is 18.2. The van der Waals surface area contributed by atoms with Crippen LogP contribution < -0.4 is 5.32 Å². The quantitative estimate of drug-likeness (QED) is 0.722. The van der Waals surface area contributed by atoms with Crippen molar-refractivity contribution in [3.05, 3.63) is 0 Å². The van der Waals surface area contributed by atoms with Crippen molar-refractivity contribution in [3.8, 4) is 0 Å². The molecule has 0 saturated carbocycles. The van der Waals surface area contributed by atoms with Gasteiger partial charge in [-0.2, -0.15) is 0 Å². The summed E-state index contributed by atoms with van der Waals surface area (Å²) < 4.78 is 5.49. The van der Waals surface area contributed by atoms with Gasteiger partial charge in [0, 0.05) is 38.0 Å². The minimum absolute atomic E-state index is 0.00477. The van der Waals surface area contributed by atoms with Crippen LogP contribution in [0.2, 0.25) is 0 Å². The third kappa shape index (κ3) is 5.93. The Morgan fingerprint density at radius 3 is 1.59 bits per heavy atom. The molecule has 3 aliphatic rings. The van der Waals surface area contributed by atoms with E-state index in [1.807, 2.05) is 30.6 Å². The molecule has 0 bridgehead atoms. The second-order valence-electron chi connectivity index (χ2n) is 9.76. The summed E-state index contributed by atoms with van der Waals surface area (Å²) in [6, 6.07) is 0. The van der Waals surface area contributed by atoms with Gasteiger partial charge in [0.2, 0.25) is 11.8 Å². The van der Waals surface area contributed by atoms with Gasteiger partial charge in [0.15, 0.2) is 0 Å². The van der Waals surface area contributed by atoms with Crippen LogP contribution in [0, 0.1) is 17.8 Å². The van der Waals surface area contributed by atoms with Gasteiger partial charge in [-0.1, -0.05) is 0 Å². The Bertz CT molecular complexity index is 594. The van der Waals surface area contributed by atoms with Crippen molar-refractivity contribution in [2.75, 3.05) is 39.3 Å². The number of nitrogens with one attached hydrogen (secondary N) is 1. The summed E-state index contributed by atoms with van der Waals surface area (Å²) >= 11 is 0. The summed E-state index contributed by atoms with van der Waals surface area (Å²) in [6.45, 7) is 10.1. The van der Waals surface area contributed by atoms with Crippen LogP contribution in [-0.2, 0) is 19.1 Å². The third-order valence-corrected chi connectivity index (χ3v) is 6.39. The lowest BCUT2D eigenvalue weighted by Gasteiger charge is -2.38. The van der Waals surface area contributed by atoms with E-state index in [4.69, 9.17) is 4.74 Å². The first-order valence-electron chi connectivity index (χ1n) is 11.3. The van der Waals surface area contributed by atoms with Crippen LogP contribution >= 0.6 is 0 Å². The normalized spacial score (nSPS) is 23.1. The predicted octanol–water partition coefficient (Wildman–Crippen LogP) is 1.80. The maximum atomic E-state index is 12.9. The second kappa shape index (κ2) is 9.45. The van der Waals surface area contributed by atoms with Gasteiger partial charge in [0.1, 0.15) is 5.60 Å². The Labute approximate surface area is 174 Å². The summed E-state index contributed by atoms with van der Waals surface area (Å²) in [7, 11) is 0. The van der Waals surface area contributed by atoms with E-state index in [1.165, 1.54) is 0 Å². The van der Waals surface area contributed by atoms with E-state index >= 15 is 0 Å². The average molecular weight is 408 g/mol. The molecule has 0 radical (unpaired) electrons. The predicted molar refractivity (Wildman–Crippen MR) is 110 cm³/mol. The molecule has 3 heterocycles. The van der Waals surface area contributed by atoms with Crippen LogP contribution in [0.15, 0.2) is 0 Å². The molecule has 2 amide bonds. The molecular formula is C22H37N3O4. The molecule has 3 rings (SSSR count). The van der Waals surface area contributed by atoms with E-state index < -0.39 is 5.60 Å². The lowest BCUT2D eigenvalue weighted by atomic mass is 9.90. The van der Waals surface area contributed by atoms with Crippen molar-refractivity contribution < 1.29 is 19.1 Å². The summed E-state index contributed by atoms with van der Waals surface area (Å²) in [4.78, 5) is 41.8. The molecule has 1 N–H and O–H groups in total. The Morgan fingerprint density at radius 1 is 0.724 bits per heavy atom. The van der Waals surface area contributed by atoms with Gasteiger partial charge in [0.25, 0.3) is 0 Å². The summed E-state index contributed by atoms with van der Waals surface area (Å²) in [5.41, 5.74) is -0.469. The van der Waals surface area contributed by atoms with E-state index in [1.54, 1.807) is 0 Å². The van der Waals surface area contributed by atoms with Gasteiger partial charge >= 0.3 is 5.97 Å². The van der Waals surface area contributed by atoms with Crippen LogP contribution in [0.25, 0.3) is 0 Å². The fourth-order valence-corrected chi connectivity index (χ4v) is 4.65. The van der Waals surface area contributed by atoms with E-state index in [2.05, 4.69) is 5.32 Å². The topological polar surface area (TPSA) is 79.0 Å². The maximum absolute atomic E-state index is 12.9. The SMILES string of the molecule is CC(C)(C)OC(=O)C1CCN(C(=O)C2CCN(C(=O)C3CCNCC3)CC2)CC1. The number of nitrogens with zero attached hydrogens (tertiary/aromatic N) is 2. The smallest absolute Gasteiger partial charge is 0.309 e. The van der Waals surface area contributed by atoms with Crippen molar-refractivity contribution in [2.45, 2.75) is 64.9 Å². The molecule has 7 nitrogen and oxygen atoms in total. The molecule has 0 spiro atoms. The van der Waals surface area contributed by atoms with Gasteiger partial charge in [0.05, 0.1) is 5.92 Å². The van der Waals surface area contributed by atoms with E-state index in [9.17, 15) is 14.4 Å². The number of piperidine rings is 3. The number of hydrogen-bond acceptors (Lipinski definition) is 5. The van der Waals surface area contributed by atoms with Gasteiger partial charge in [-0.15, -0.1) is 0 Å². The molecule has 0 aromatic rings. The number of ether oxygens (including phenoxy) is 1. The van der Waals surface area contributed by atoms with Crippen molar-refractivity contribution in [3.63, 3.8) is 0 Å². The van der Waals surface area contributed by atoms with Crippen LogP contribution in [-0.4, -0.2) is 72.5 Å². The minimum Gasteiger partial charge on any atom is -0.460 e. The summed E-state index contributed by atoms with van der Waals surface area (Å²) in [5.74, 6) is 0.370. The van der Waals surface area contributed by atoms with E-state index in [0.717, 1.165) is 38.8 Å². The Morgan fingerprint density at radius 2 is 1.14 bits per heavy atom. The molecule has 7 heteroatoms. The Balaban J connectivity index is 1.42. The number of rotatable bonds is 3. The maximum Gasteiger partial charge on any atom is 0.309 e. The van der Waals surface area contributed by atoms with Crippen molar-refractivity contribution in [1.29, 1.82) is 0 Å². The highest BCUT2D eigenvalue weighted by molar-refractivity contribution is 5.81. The number of likely N-dealkylation sites (tertiary alicyclic amines) is 2. The van der Waals surface area contributed by atoms with Crippen molar-refractivity contribution in [1.82, 2.24) is 15.1 Å². The molecule has 164 valence electrons. The Kier molecular flexibility index (Phi) is 7.19. The average Bonchev–Trinajstić information content (AvgIpc) is 2.72. The fourth-order valence-electron chi connectivity index (χ4n) is 4.65. The second-order valence-corrected chi connectivity index (χ2v) is 9.76. The molecule has 29 heavy (non-hydrogen) atoms. The molecular weight excluding hydrogens is 370 g/mol. The number of carbonyl (C=O) groups excluding carboxylic acids is 3. The molecule has 3 aliphatic heterocycles. The fraction of sp³-hybridized carbons (Fsp3) is 0.864. The highest BCUT2D eigenvalue weighted by atomic mass is 16.6. The summed E-state index contributed by atoms with van der Waals surface area (Å²) in [6.07, 6.45) is 4.69. The van der Waals surface area contributed by atoms with Crippen LogP contribution in [0.1, 0.15) is 59.3 Å². The molecule has 3 fully saturated rings. The largest absolute Gasteiger partial charge is 0.460 e. The first-order chi connectivity index (χ1) is 13.7. The van der Waals surface area contributed by atoms with Crippen molar-refractivity contribution in [2.24, 2.45) is 17.8 Å². The first kappa shape index (κ1) is 22.1. The summed E-state index contributed by atoms with van der Waals surface area (Å²) in [5, 5.41) is 3.30. The van der Waals surface area contributed by atoms with Crippen LogP contribution in [0.4, 0.5) is 0 Å². The van der Waals surface area contributed by atoms with Gasteiger partial charge in [-0.05, 0) is 72.4 Å². The van der Waals surface area contributed by atoms with Crippen LogP contribution in [0.3, 0.4) is 0 Å². The molecule has 0 atom stereocenters. The molecule has 0 aromatic heterocycles. The lowest BCUT2D eigenvalue weighted by molar-refractivity contribution is -0.162. The lowest BCUT2D eigenvalue weighted by Crippen LogP contribution is -2.49. The third-order valence-electron chi connectivity index (χ3n) is 6.39. The van der Waals surface area contributed by atoms with Crippen molar-refractivity contribution >= 4 is 17.8 Å². The highest BCUT2D eigenvalue weighted by Crippen LogP contribution is 2.27. The first-order valence-corrected chi connectivity index (χ1v) is 11.3. The number of hydrogen-bond donors (Lipinski definition) is 1. The molecule has 0 aromatic carbocycles. The Hall–Kier alpha value is -1.63. The number of amides is 2. The molecule has 3 saturated heterocycles. The molecule has 0 aliphatic carbocycles. The van der Waals surface area contributed by atoms with Gasteiger partial charge in [-0.25, -0.2) is 0 Å². The zero-order valence-electron chi connectivity index (χ0n) is 18.2. The van der Waals surface area contributed by atoms with Gasteiger partial charge < -0.3 is 19.9 Å². The van der Waals surface area contributed by atoms with Gasteiger partial charge in [-0.3, -0.25) is 14.4 Å². The highest BCUT2D eigenvalue weighted by Gasteiger charge is 2.35.